The Labute approximate surface area is 132 Å². The molecule has 1 heterocycles. The Morgan fingerprint density at radius 2 is 1.50 bits per heavy atom. The summed E-state index contributed by atoms with van der Waals surface area (Å²) in [6.45, 7) is 1.97. The largest absolute Gasteiger partial charge is 0.391 e. The summed E-state index contributed by atoms with van der Waals surface area (Å²) < 4.78 is 39.3. The average molecular weight is 317 g/mol. The van der Waals surface area contributed by atoms with Crippen molar-refractivity contribution in [2.24, 2.45) is 11.3 Å². The van der Waals surface area contributed by atoms with Crippen LogP contribution in [0.3, 0.4) is 0 Å². The highest BCUT2D eigenvalue weighted by Crippen LogP contribution is 2.50. The zero-order valence-electron chi connectivity index (χ0n) is 13.6. The van der Waals surface area contributed by atoms with Gasteiger partial charge in [-0.3, -0.25) is 4.90 Å². The van der Waals surface area contributed by atoms with E-state index in [0.29, 0.717) is 18.9 Å². The van der Waals surface area contributed by atoms with Gasteiger partial charge >= 0.3 is 6.18 Å². The molecule has 3 aliphatic rings. The molecule has 3 fully saturated rings. The monoisotopic (exact) mass is 317 g/mol. The summed E-state index contributed by atoms with van der Waals surface area (Å²) in [6.07, 6.45) is 8.72. The van der Waals surface area contributed by atoms with Gasteiger partial charge in [0.05, 0.1) is 5.92 Å². The summed E-state index contributed by atoms with van der Waals surface area (Å²) in [4.78, 5) is 2.56. The molecular weight excluding hydrogens is 287 g/mol. The number of nitrogens with zero attached hydrogens (tertiary/aromatic N) is 1. The van der Waals surface area contributed by atoms with E-state index in [2.05, 4.69) is 4.90 Å². The van der Waals surface area contributed by atoms with Crippen molar-refractivity contribution < 1.29 is 13.2 Å². The third kappa shape index (κ3) is 3.80. The predicted octanol–water partition coefficient (Wildman–Crippen LogP) is 5.54. The van der Waals surface area contributed by atoms with Gasteiger partial charge in [0.1, 0.15) is 0 Å². The highest BCUT2D eigenvalue weighted by molar-refractivity contribution is 4.97. The SMILES string of the molecule is FC(F)(F)[C@H]1CCC[C@@]2(CCN(C3CCCCCCC3)C2)C1. The lowest BCUT2D eigenvalue weighted by atomic mass is 9.69. The fourth-order valence-corrected chi connectivity index (χ4v) is 5.18. The molecule has 128 valence electrons. The fourth-order valence-electron chi connectivity index (χ4n) is 5.18. The molecule has 0 aromatic rings. The van der Waals surface area contributed by atoms with E-state index >= 15 is 0 Å². The van der Waals surface area contributed by atoms with Crippen molar-refractivity contribution >= 4 is 0 Å². The normalized spacial score (nSPS) is 36.4. The van der Waals surface area contributed by atoms with Crippen LogP contribution in [0.1, 0.15) is 77.0 Å². The molecule has 0 N–H and O–H groups in total. The molecule has 0 amide bonds. The molecule has 0 bridgehead atoms. The van der Waals surface area contributed by atoms with Crippen molar-refractivity contribution in [3.05, 3.63) is 0 Å². The number of likely N-dealkylation sites (tertiary alicyclic amines) is 1. The number of rotatable bonds is 1. The third-order valence-electron chi connectivity index (χ3n) is 6.46. The molecule has 2 saturated carbocycles. The maximum atomic E-state index is 13.1. The van der Waals surface area contributed by atoms with Crippen LogP contribution in [-0.4, -0.2) is 30.2 Å². The highest BCUT2D eigenvalue weighted by Gasteiger charge is 2.50. The molecule has 1 saturated heterocycles. The minimum atomic E-state index is -3.99. The number of alkyl halides is 3. The van der Waals surface area contributed by atoms with Gasteiger partial charge in [-0.05, 0) is 50.5 Å². The first-order valence-electron chi connectivity index (χ1n) is 9.29. The molecule has 0 unspecified atom stereocenters. The Morgan fingerprint density at radius 1 is 0.818 bits per heavy atom. The van der Waals surface area contributed by atoms with Crippen LogP contribution in [0.5, 0.6) is 0 Å². The van der Waals surface area contributed by atoms with Crippen LogP contribution >= 0.6 is 0 Å². The van der Waals surface area contributed by atoms with Crippen molar-refractivity contribution in [3.8, 4) is 0 Å². The van der Waals surface area contributed by atoms with Crippen molar-refractivity contribution in [2.75, 3.05) is 13.1 Å². The molecule has 2 aliphatic carbocycles. The lowest BCUT2D eigenvalue weighted by Crippen LogP contribution is -2.40. The number of hydrogen-bond acceptors (Lipinski definition) is 1. The first-order valence-corrected chi connectivity index (χ1v) is 9.29. The van der Waals surface area contributed by atoms with Crippen molar-refractivity contribution in [3.63, 3.8) is 0 Å². The van der Waals surface area contributed by atoms with E-state index < -0.39 is 12.1 Å². The van der Waals surface area contributed by atoms with Gasteiger partial charge in [-0.1, -0.05) is 38.5 Å². The summed E-state index contributed by atoms with van der Waals surface area (Å²) in [5, 5.41) is 0. The summed E-state index contributed by atoms with van der Waals surface area (Å²) in [6, 6.07) is 0.644. The first-order chi connectivity index (χ1) is 10.5. The van der Waals surface area contributed by atoms with Gasteiger partial charge < -0.3 is 0 Å². The zero-order valence-corrected chi connectivity index (χ0v) is 13.6. The van der Waals surface area contributed by atoms with E-state index in [4.69, 9.17) is 0 Å². The summed E-state index contributed by atoms with van der Waals surface area (Å²) >= 11 is 0. The third-order valence-corrected chi connectivity index (χ3v) is 6.46. The van der Waals surface area contributed by atoms with Crippen LogP contribution in [0.4, 0.5) is 13.2 Å². The topological polar surface area (TPSA) is 3.24 Å². The Morgan fingerprint density at radius 3 is 2.18 bits per heavy atom. The van der Waals surface area contributed by atoms with Crippen molar-refractivity contribution in [1.82, 2.24) is 4.90 Å². The second-order valence-electron chi connectivity index (χ2n) is 8.05. The van der Waals surface area contributed by atoms with Crippen molar-refractivity contribution in [1.29, 1.82) is 0 Å². The van der Waals surface area contributed by atoms with Gasteiger partial charge in [0, 0.05) is 12.6 Å². The van der Waals surface area contributed by atoms with E-state index in [1.54, 1.807) is 0 Å². The molecule has 3 rings (SSSR count). The Kier molecular flexibility index (Phi) is 5.06. The van der Waals surface area contributed by atoms with E-state index in [1.807, 2.05) is 0 Å². The molecule has 1 aliphatic heterocycles. The first kappa shape index (κ1) is 16.6. The molecule has 22 heavy (non-hydrogen) atoms. The van der Waals surface area contributed by atoms with Gasteiger partial charge in [0.25, 0.3) is 0 Å². The highest BCUT2D eigenvalue weighted by atomic mass is 19.4. The van der Waals surface area contributed by atoms with Crippen LogP contribution in [0.2, 0.25) is 0 Å². The van der Waals surface area contributed by atoms with E-state index in [0.717, 1.165) is 32.4 Å². The molecular formula is C18H30F3N. The molecule has 0 radical (unpaired) electrons. The maximum Gasteiger partial charge on any atom is 0.391 e. The maximum absolute atomic E-state index is 13.1. The number of hydrogen-bond donors (Lipinski definition) is 0. The summed E-state index contributed by atoms with van der Waals surface area (Å²) in [5.41, 5.74) is -0.0270. The Hall–Kier alpha value is -0.250. The molecule has 2 atom stereocenters. The second kappa shape index (κ2) is 6.70. The van der Waals surface area contributed by atoms with Gasteiger partial charge in [-0.25, -0.2) is 0 Å². The molecule has 1 spiro atoms. The second-order valence-corrected chi connectivity index (χ2v) is 8.05. The van der Waals surface area contributed by atoms with E-state index in [-0.39, 0.29) is 5.41 Å². The van der Waals surface area contributed by atoms with Crippen LogP contribution in [0, 0.1) is 11.3 Å². The van der Waals surface area contributed by atoms with Gasteiger partial charge in [0.15, 0.2) is 0 Å². The average Bonchev–Trinajstić information content (AvgIpc) is 2.81. The van der Waals surface area contributed by atoms with Crippen LogP contribution in [-0.2, 0) is 0 Å². The van der Waals surface area contributed by atoms with E-state index in [1.165, 1.54) is 44.9 Å². The Bertz CT molecular complexity index is 360. The summed E-state index contributed by atoms with van der Waals surface area (Å²) in [7, 11) is 0. The van der Waals surface area contributed by atoms with Crippen LogP contribution in [0.15, 0.2) is 0 Å². The quantitative estimate of drug-likeness (QED) is 0.613. The fraction of sp³-hybridized carbons (Fsp3) is 1.00. The van der Waals surface area contributed by atoms with E-state index in [9.17, 15) is 13.2 Å². The lowest BCUT2D eigenvalue weighted by Gasteiger charge is -2.40. The summed E-state index contributed by atoms with van der Waals surface area (Å²) in [5.74, 6) is -1.04. The van der Waals surface area contributed by atoms with Gasteiger partial charge in [-0.2, -0.15) is 13.2 Å². The standard InChI is InChI=1S/C18H30F3N/c19-18(20,21)15-7-6-10-17(13-15)11-12-22(14-17)16-8-4-2-1-3-5-9-16/h15-16H,1-14H2/t15-,17+/m0/s1. The van der Waals surface area contributed by atoms with Gasteiger partial charge in [0.2, 0.25) is 0 Å². The molecule has 0 aromatic heterocycles. The number of halogens is 3. The minimum absolute atomic E-state index is 0.0270. The van der Waals surface area contributed by atoms with Crippen LogP contribution in [0.25, 0.3) is 0 Å². The molecule has 4 heteroatoms. The predicted molar refractivity (Wildman–Crippen MR) is 82.7 cm³/mol. The van der Waals surface area contributed by atoms with Crippen molar-refractivity contribution in [2.45, 2.75) is 89.3 Å². The minimum Gasteiger partial charge on any atom is -0.300 e. The molecule has 1 nitrogen and oxygen atoms in total. The van der Waals surface area contributed by atoms with Gasteiger partial charge in [-0.15, -0.1) is 0 Å². The Balaban J connectivity index is 1.60. The van der Waals surface area contributed by atoms with Crippen LogP contribution < -0.4 is 0 Å². The lowest BCUT2D eigenvalue weighted by molar-refractivity contribution is -0.191. The smallest absolute Gasteiger partial charge is 0.300 e. The zero-order chi connectivity index (χ0) is 15.6. The molecule has 0 aromatic carbocycles.